The molecule has 3 rings (SSSR count). The van der Waals surface area contributed by atoms with Crippen LogP contribution in [0.2, 0.25) is 5.02 Å². The van der Waals surface area contributed by atoms with Gasteiger partial charge in [-0.1, -0.05) is 17.7 Å². The molecule has 0 radical (unpaired) electrons. The van der Waals surface area contributed by atoms with Crippen LogP contribution in [0.25, 0.3) is 0 Å². The number of likely N-dealkylation sites (tertiary alicyclic amines) is 1. The van der Waals surface area contributed by atoms with Crippen LogP contribution in [0.3, 0.4) is 0 Å². The van der Waals surface area contributed by atoms with Crippen molar-refractivity contribution in [2.24, 2.45) is 0 Å². The molecule has 0 bridgehead atoms. The fraction of sp³-hybridized carbons (Fsp3) is 0.389. The van der Waals surface area contributed by atoms with Crippen LogP contribution in [-0.2, 0) is 0 Å². The van der Waals surface area contributed by atoms with Gasteiger partial charge in [0.2, 0.25) is 0 Å². The van der Waals surface area contributed by atoms with Gasteiger partial charge in [0.15, 0.2) is 0 Å². The number of thiophene rings is 1. The monoisotopic (exact) mass is 348 g/mol. The zero-order valence-electron chi connectivity index (χ0n) is 13.2. The van der Waals surface area contributed by atoms with Gasteiger partial charge in [-0.25, -0.2) is 0 Å². The third-order valence-corrected chi connectivity index (χ3v) is 5.50. The first-order valence-electron chi connectivity index (χ1n) is 7.99. The summed E-state index contributed by atoms with van der Waals surface area (Å²) in [6.45, 7) is 4.30. The van der Waals surface area contributed by atoms with Crippen molar-refractivity contribution in [2.75, 3.05) is 13.1 Å². The Kier molecular flexibility index (Phi) is 5.36. The summed E-state index contributed by atoms with van der Waals surface area (Å²) in [5, 5.41) is 5.91. The van der Waals surface area contributed by atoms with E-state index in [0.29, 0.717) is 10.6 Å². The van der Waals surface area contributed by atoms with E-state index in [0.717, 1.165) is 13.1 Å². The van der Waals surface area contributed by atoms with Crippen LogP contribution >= 0.6 is 22.9 Å². The molecule has 1 fully saturated rings. The summed E-state index contributed by atoms with van der Waals surface area (Å²) in [5.74, 6) is -0.0464. The minimum atomic E-state index is -0.0464. The zero-order valence-corrected chi connectivity index (χ0v) is 14.7. The molecule has 0 spiro atoms. The van der Waals surface area contributed by atoms with E-state index in [2.05, 4.69) is 34.7 Å². The normalized spacial score (nSPS) is 17.8. The second-order valence-corrected chi connectivity index (χ2v) is 7.39. The largest absolute Gasteiger partial charge is 0.348 e. The van der Waals surface area contributed by atoms with E-state index >= 15 is 0 Å². The second kappa shape index (κ2) is 7.47. The lowest BCUT2D eigenvalue weighted by molar-refractivity contribution is 0.0908. The van der Waals surface area contributed by atoms with Gasteiger partial charge in [-0.15, -0.1) is 11.3 Å². The molecular formula is C18H21ClN2OS. The molecule has 122 valence electrons. The molecule has 5 heteroatoms. The lowest BCUT2D eigenvalue weighted by Gasteiger charge is -2.32. The van der Waals surface area contributed by atoms with Crippen LogP contribution in [0, 0.1) is 0 Å². The average molecular weight is 349 g/mol. The summed E-state index contributed by atoms with van der Waals surface area (Å²) in [6, 6.07) is 11.6. The van der Waals surface area contributed by atoms with Crippen molar-refractivity contribution in [3.63, 3.8) is 0 Å². The SMILES string of the molecule is C[C@@H](NC(=O)c1ccc(Cl)cc1)[C@@H](c1cccs1)N1CCCC1. The lowest BCUT2D eigenvalue weighted by Crippen LogP contribution is -2.43. The van der Waals surface area contributed by atoms with Crippen molar-refractivity contribution < 1.29 is 4.79 Å². The van der Waals surface area contributed by atoms with Gasteiger partial charge in [0.1, 0.15) is 0 Å². The Hall–Kier alpha value is -1.36. The van der Waals surface area contributed by atoms with E-state index < -0.39 is 0 Å². The number of rotatable bonds is 5. The summed E-state index contributed by atoms with van der Waals surface area (Å²) in [7, 11) is 0. The smallest absolute Gasteiger partial charge is 0.251 e. The Morgan fingerprint density at radius 3 is 2.52 bits per heavy atom. The Bertz CT molecular complexity index is 636. The first-order chi connectivity index (χ1) is 11.1. The van der Waals surface area contributed by atoms with Crippen LogP contribution in [0.4, 0.5) is 0 Å². The van der Waals surface area contributed by atoms with Crippen molar-refractivity contribution in [2.45, 2.75) is 31.8 Å². The van der Waals surface area contributed by atoms with Crippen LogP contribution in [0.15, 0.2) is 41.8 Å². The highest BCUT2D eigenvalue weighted by atomic mass is 35.5. The molecule has 2 heterocycles. The van der Waals surface area contributed by atoms with Crippen LogP contribution in [-0.4, -0.2) is 29.9 Å². The summed E-state index contributed by atoms with van der Waals surface area (Å²) >= 11 is 7.65. The number of carbonyl (C=O) groups is 1. The van der Waals surface area contributed by atoms with Crippen molar-refractivity contribution in [3.8, 4) is 0 Å². The van der Waals surface area contributed by atoms with E-state index in [-0.39, 0.29) is 18.0 Å². The maximum Gasteiger partial charge on any atom is 0.251 e. The maximum atomic E-state index is 12.5. The van der Waals surface area contributed by atoms with Crippen LogP contribution < -0.4 is 5.32 Å². The van der Waals surface area contributed by atoms with Crippen molar-refractivity contribution in [1.29, 1.82) is 0 Å². The first kappa shape index (κ1) is 16.5. The van der Waals surface area contributed by atoms with Crippen molar-refractivity contribution >= 4 is 28.8 Å². The molecule has 0 aliphatic carbocycles. The minimum absolute atomic E-state index is 0.0464. The Labute approximate surface area is 146 Å². The molecule has 1 aromatic carbocycles. The summed E-state index contributed by atoms with van der Waals surface area (Å²) in [4.78, 5) is 16.3. The van der Waals surface area contributed by atoms with Gasteiger partial charge in [-0.2, -0.15) is 0 Å². The standard InChI is InChI=1S/C18H21ClN2OS/c1-13(20-18(22)14-6-8-15(19)9-7-14)17(16-5-4-12-23-16)21-10-2-3-11-21/h4-9,12-13,17H,2-3,10-11H2,1H3,(H,20,22)/t13-,17+/m1/s1. The third-order valence-electron chi connectivity index (χ3n) is 4.31. The van der Waals surface area contributed by atoms with E-state index in [1.54, 1.807) is 35.6 Å². The Balaban J connectivity index is 1.74. The lowest BCUT2D eigenvalue weighted by atomic mass is 10.1. The number of hydrogen-bond donors (Lipinski definition) is 1. The quantitative estimate of drug-likeness (QED) is 0.870. The van der Waals surface area contributed by atoms with E-state index in [1.807, 2.05) is 0 Å². The summed E-state index contributed by atoms with van der Waals surface area (Å²) < 4.78 is 0. The number of benzene rings is 1. The summed E-state index contributed by atoms with van der Waals surface area (Å²) in [6.07, 6.45) is 2.47. The van der Waals surface area contributed by atoms with Gasteiger partial charge < -0.3 is 5.32 Å². The van der Waals surface area contributed by atoms with Crippen molar-refractivity contribution in [3.05, 3.63) is 57.2 Å². The molecule has 1 amide bonds. The number of nitrogens with one attached hydrogen (secondary N) is 1. The highest BCUT2D eigenvalue weighted by Crippen LogP contribution is 2.31. The number of amides is 1. The van der Waals surface area contributed by atoms with Gasteiger partial charge in [-0.05, 0) is 68.6 Å². The van der Waals surface area contributed by atoms with E-state index in [9.17, 15) is 4.79 Å². The van der Waals surface area contributed by atoms with E-state index in [4.69, 9.17) is 11.6 Å². The third kappa shape index (κ3) is 3.94. The molecule has 1 saturated heterocycles. The number of halogens is 1. The highest BCUT2D eigenvalue weighted by Gasteiger charge is 2.30. The fourth-order valence-electron chi connectivity index (χ4n) is 3.19. The van der Waals surface area contributed by atoms with E-state index in [1.165, 1.54) is 17.7 Å². The molecule has 2 aromatic rings. The molecule has 1 N–H and O–H groups in total. The molecule has 1 aliphatic heterocycles. The second-order valence-electron chi connectivity index (χ2n) is 5.97. The fourth-order valence-corrected chi connectivity index (χ4v) is 4.28. The topological polar surface area (TPSA) is 32.3 Å². The van der Waals surface area contributed by atoms with Gasteiger partial charge in [0.05, 0.1) is 6.04 Å². The molecule has 23 heavy (non-hydrogen) atoms. The number of carbonyl (C=O) groups excluding carboxylic acids is 1. The van der Waals surface area contributed by atoms with Crippen LogP contribution in [0.1, 0.15) is 41.0 Å². The van der Waals surface area contributed by atoms with Gasteiger partial charge >= 0.3 is 0 Å². The molecule has 0 saturated carbocycles. The minimum Gasteiger partial charge on any atom is -0.348 e. The summed E-state index contributed by atoms with van der Waals surface area (Å²) in [5.41, 5.74) is 0.646. The predicted octanol–water partition coefficient (Wildman–Crippen LogP) is 4.36. The highest BCUT2D eigenvalue weighted by molar-refractivity contribution is 7.10. The zero-order chi connectivity index (χ0) is 16.2. The molecule has 1 aliphatic rings. The maximum absolute atomic E-state index is 12.5. The molecule has 0 unspecified atom stereocenters. The molecule has 3 nitrogen and oxygen atoms in total. The van der Waals surface area contributed by atoms with Crippen molar-refractivity contribution in [1.82, 2.24) is 10.2 Å². The number of nitrogens with zero attached hydrogens (tertiary/aromatic N) is 1. The predicted molar refractivity (Wildman–Crippen MR) is 96.2 cm³/mol. The molecule has 2 atom stereocenters. The van der Waals surface area contributed by atoms with Gasteiger partial charge in [0.25, 0.3) is 5.91 Å². The first-order valence-corrected chi connectivity index (χ1v) is 9.25. The molecular weight excluding hydrogens is 328 g/mol. The Morgan fingerprint density at radius 1 is 1.22 bits per heavy atom. The van der Waals surface area contributed by atoms with Gasteiger partial charge in [0, 0.05) is 21.5 Å². The van der Waals surface area contributed by atoms with Crippen LogP contribution in [0.5, 0.6) is 0 Å². The van der Waals surface area contributed by atoms with Gasteiger partial charge in [-0.3, -0.25) is 9.69 Å². The number of hydrogen-bond acceptors (Lipinski definition) is 3. The average Bonchev–Trinajstić information content (AvgIpc) is 3.22. The molecule has 1 aromatic heterocycles. The Morgan fingerprint density at radius 2 is 1.91 bits per heavy atom.